The zero-order valence-electron chi connectivity index (χ0n) is 11.7. The van der Waals surface area contributed by atoms with Crippen molar-refractivity contribution < 1.29 is 19.4 Å². The van der Waals surface area contributed by atoms with E-state index in [-0.39, 0.29) is 17.6 Å². The molecular formula is C14H19NO4S. The maximum Gasteiger partial charge on any atom is 0.338 e. The van der Waals surface area contributed by atoms with Gasteiger partial charge in [0.25, 0.3) is 0 Å². The molecule has 2 rings (SSSR count). The first-order chi connectivity index (χ1) is 9.49. The van der Waals surface area contributed by atoms with Gasteiger partial charge in [0.2, 0.25) is 5.91 Å². The van der Waals surface area contributed by atoms with Gasteiger partial charge in [0.1, 0.15) is 5.00 Å². The van der Waals surface area contributed by atoms with Crippen molar-refractivity contribution in [2.75, 3.05) is 11.9 Å². The van der Waals surface area contributed by atoms with E-state index in [1.807, 2.05) is 6.92 Å². The van der Waals surface area contributed by atoms with Crippen molar-refractivity contribution in [1.82, 2.24) is 0 Å². The highest BCUT2D eigenvalue weighted by Crippen LogP contribution is 2.32. The summed E-state index contributed by atoms with van der Waals surface area (Å²) >= 11 is 1.31. The number of thiophene rings is 1. The molecule has 0 aliphatic carbocycles. The zero-order valence-corrected chi connectivity index (χ0v) is 12.5. The summed E-state index contributed by atoms with van der Waals surface area (Å²) in [6.45, 7) is 4.39. The number of hydrogen-bond acceptors (Lipinski definition) is 4. The van der Waals surface area contributed by atoms with Gasteiger partial charge < -0.3 is 15.2 Å². The normalized spacial score (nSPS) is 18.2. The molecular weight excluding hydrogens is 278 g/mol. The predicted molar refractivity (Wildman–Crippen MR) is 77.6 cm³/mol. The number of carbonyl (C=O) groups is 2. The Balaban J connectivity index is 1.96. The summed E-state index contributed by atoms with van der Waals surface area (Å²) in [5, 5.41) is 12.4. The third kappa shape index (κ3) is 3.37. The van der Waals surface area contributed by atoms with E-state index in [1.54, 1.807) is 6.92 Å². The van der Waals surface area contributed by atoms with E-state index < -0.39 is 5.97 Å². The molecule has 1 amide bonds. The average Bonchev–Trinajstić information content (AvgIpc) is 2.96. The van der Waals surface area contributed by atoms with Crippen LogP contribution in [0.3, 0.4) is 0 Å². The standard InChI is InChI=1S/C14H19NO4S/c1-8-9(2)20-13(12(8)14(17)18)15-11(16)6-5-10-4-3-7-19-10/h10H,3-7H2,1-2H3,(H,15,16)(H,17,18). The van der Waals surface area contributed by atoms with Crippen LogP contribution >= 0.6 is 11.3 Å². The number of carboxylic acids is 1. The third-order valence-corrected chi connectivity index (χ3v) is 4.69. The van der Waals surface area contributed by atoms with Crippen molar-refractivity contribution in [1.29, 1.82) is 0 Å². The maximum atomic E-state index is 11.9. The van der Waals surface area contributed by atoms with Crippen molar-refractivity contribution in [3.63, 3.8) is 0 Å². The van der Waals surface area contributed by atoms with Gasteiger partial charge in [-0.1, -0.05) is 0 Å². The SMILES string of the molecule is Cc1sc(NC(=O)CCC2CCCO2)c(C(=O)O)c1C. The quantitative estimate of drug-likeness (QED) is 0.876. The van der Waals surface area contributed by atoms with Crippen molar-refractivity contribution in [3.05, 3.63) is 16.0 Å². The van der Waals surface area contributed by atoms with Crippen LogP contribution in [0.4, 0.5) is 5.00 Å². The molecule has 20 heavy (non-hydrogen) atoms. The van der Waals surface area contributed by atoms with Gasteiger partial charge in [-0.25, -0.2) is 4.79 Å². The number of amides is 1. The first kappa shape index (κ1) is 15.0. The van der Waals surface area contributed by atoms with Crippen LogP contribution < -0.4 is 5.32 Å². The van der Waals surface area contributed by atoms with Gasteiger partial charge in [0.05, 0.1) is 11.7 Å². The van der Waals surface area contributed by atoms with Crippen LogP contribution in [0, 0.1) is 13.8 Å². The minimum absolute atomic E-state index is 0.149. The highest BCUT2D eigenvalue weighted by atomic mass is 32.1. The fourth-order valence-corrected chi connectivity index (χ4v) is 3.39. The summed E-state index contributed by atoms with van der Waals surface area (Å²) in [6.07, 6.45) is 3.28. The van der Waals surface area contributed by atoms with Crippen molar-refractivity contribution in [3.8, 4) is 0 Å². The van der Waals surface area contributed by atoms with E-state index in [0.717, 1.165) is 29.9 Å². The summed E-state index contributed by atoms with van der Waals surface area (Å²) in [5.41, 5.74) is 0.926. The molecule has 5 nitrogen and oxygen atoms in total. The molecule has 1 aromatic heterocycles. The van der Waals surface area contributed by atoms with E-state index in [1.165, 1.54) is 11.3 Å². The van der Waals surface area contributed by atoms with Crippen LogP contribution in [0.5, 0.6) is 0 Å². The van der Waals surface area contributed by atoms with Crippen LogP contribution in [-0.2, 0) is 9.53 Å². The van der Waals surface area contributed by atoms with Gasteiger partial charge in [-0.3, -0.25) is 4.79 Å². The highest BCUT2D eigenvalue weighted by molar-refractivity contribution is 7.16. The minimum Gasteiger partial charge on any atom is -0.478 e. The number of rotatable bonds is 5. The lowest BCUT2D eigenvalue weighted by Gasteiger charge is -2.09. The van der Waals surface area contributed by atoms with Crippen LogP contribution in [0.15, 0.2) is 0 Å². The lowest BCUT2D eigenvalue weighted by Crippen LogP contribution is -2.16. The largest absolute Gasteiger partial charge is 0.478 e. The Hall–Kier alpha value is -1.40. The summed E-state index contributed by atoms with van der Waals surface area (Å²) in [7, 11) is 0. The molecule has 1 aliphatic heterocycles. The smallest absolute Gasteiger partial charge is 0.338 e. The molecule has 2 N–H and O–H groups in total. The summed E-state index contributed by atoms with van der Waals surface area (Å²) < 4.78 is 5.47. The first-order valence-electron chi connectivity index (χ1n) is 6.73. The lowest BCUT2D eigenvalue weighted by atomic mass is 10.1. The number of anilines is 1. The van der Waals surface area contributed by atoms with Gasteiger partial charge in [-0.05, 0) is 38.7 Å². The molecule has 1 saturated heterocycles. The molecule has 0 aromatic carbocycles. The first-order valence-corrected chi connectivity index (χ1v) is 7.55. The Kier molecular flexibility index (Phi) is 4.77. The second kappa shape index (κ2) is 6.37. The van der Waals surface area contributed by atoms with E-state index in [9.17, 15) is 14.7 Å². The van der Waals surface area contributed by atoms with Crippen LogP contribution in [0.1, 0.15) is 46.5 Å². The number of carbonyl (C=O) groups excluding carboxylic acids is 1. The Bertz CT molecular complexity index is 517. The Labute approximate surface area is 121 Å². The molecule has 110 valence electrons. The van der Waals surface area contributed by atoms with Gasteiger partial charge in [0.15, 0.2) is 0 Å². The molecule has 1 unspecified atom stereocenters. The second-order valence-electron chi connectivity index (χ2n) is 5.01. The molecule has 6 heteroatoms. The van der Waals surface area contributed by atoms with Gasteiger partial charge >= 0.3 is 5.97 Å². The summed E-state index contributed by atoms with van der Waals surface area (Å²) in [4.78, 5) is 24.1. The number of nitrogens with one attached hydrogen (secondary N) is 1. The molecule has 0 bridgehead atoms. The number of ether oxygens (including phenoxy) is 1. The summed E-state index contributed by atoms with van der Waals surface area (Å²) in [6, 6.07) is 0. The van der Waals surface area contributed by atoms with Crippen LogP contribution in [0.25, 0.3) is 0 Å². The van der Waals surface area contributed by atoms with E-state index in [2.05, 4.69) is 5.32 Å². The number of hydrogen-bond donors (Lipinski definition) is 2. The van der Waals surface area contributed by atoms with Crippen LogP contribution in [0.2, 0.25) is 0 Å². The fraction of sp³-hybridized carbons (Fsp3) is 0.571. The molecule has 0 radical (unpaired) electrons. The molecule has 1 aliphatic rings. The van der Waals surface area contributed by atoms with E-state index >= 15 is 0 Å². The fourth-order valence-electron chi connectivity index (χ4n) is 2.33. The topological polar surface area (TPSA) is 75.6 Å². The average molecular weight is 297 g/mol. The van der Waals surface area contributed by atoms with Gasteiger partial charge in [0, 0.05) is 17.9 Å². The van der Waals surface area contributed by atoms with E-state index in [4.69, 9.17) is 4.74 Å². The molecule has 0 saturated carbocycles. The van der Waals surface area contributed by atoms with Gasteiger partial charge in [-0.15, -0.1) is 11.3 Å². The third-order valence-electron chi connectivity index (χ3n) is 3.57. The van der Waals surface area contributed by atoms with Gasteiger partial charge in [-0.2, -0.15) is 0 Å². The van der Waals surface area contributed by atoms with E-state index in [0.29, 0.717) is 17.8 Å². The molecule has 1 atom stereocenters. The molecule has 1 aromatic rings. The number of carboxylic acid groups (broad SMARTS) is 1. The Morgan fingerprint density at radius 1 is 1.45 bits per heavy atom. The molecule has 0 spiro atoms. The second-order valence-corrected chi connectivity index (χ2v) is 6.24. The van der Waals surface area contributed by atoms with Crippen LogP contribution in [-0.4, -0.2) is 29.7 Å². The number of aromatic carboxylic acids is 1. The Morgan fingerprint density at radius 2 is 2.20 bits per heavy atom. The monoisotopic (exact) mass is 297 g/mol. The highest BCUT2D eigenvalue weighted by Gasteiger charge is 2.21. The van der Waals surface area contributed by atoms with Crippen molar-refractivity contribution in [2.45, 2.75) is 45.6 Å². The predicted octanol–water partition coefficient (Wildman–Crippen LogP) is 2.96. The maximum absolute atomic E-state index is 11.9. The summed E-state index contributed by atoms with van der Waals surface area (Å²) in [5.74, 6) is -1.15. The minimum atomic E-state index is -0.999. The molecule has 2 heterocycles. The zero-order chi connectivity index (χ0) is 14.7. The number of aryl methyl sites for hydroxylation is 1. The molecule has 1 fully saturated rings. The lowest BCUT2D eigenvalue weighted by molar-refractivity contribution is -0.116. The van der Waals surface area contributed by atoms with Crippen molar-refractivity contribution in [2.24, 2.45) is 0 Å². The van der Waals surface area contributed by atoms with Crippen molar-refractivity contribution >= 4 is 28.2 Å². The Morgan fingerprint density at radius 3 is 2.80 bits per heavy atom.